The van der Waals surface area contributed by atoms with Crippen molar-refractivity contribution in [3.05, 3.63) is 11.4 Å². The van der Waals surface area contributed by atoms with Crippen molar-refractivity contribution in [2.45, 2.75) is 13.8 Å². The van der Waals surface area contributed by atoms with Gasteiger partial charge in [0.15, 0.2) is 0 Å². The van der Waals surface area contributed by atoms with Gasteiger partial charge in [-0.2, -0.15) is 15.1 Å². The number of nitrogens with zero attached hydrogens (tertiary/aromatic N) is 4. The molecule has 5 nitrogen and oxygen atoms in total. The summed E-state index contributed by atoms with van der Waals surface area (Å²) in [6, 6.07) is 0.395. The maximum absolute atomic E-state index is 5.01. The van der Waals surface area contributed by atoms with Crippen molar-refractivity contribution in [1.82, 2.24) is 19.7 Å². The van der Waals surface area contributed by atoms with Crippen LogP contribution in [-0.2, 0) is 7.05 Å². The SMILES string of the molecule is COc1nc(C)c2c(n1)c(C)nn2C. The fourth-order valence-electron chi connectivity index (χ4n) is 1.59. The quantitative estimate of drug-likeness (QED) is 0.676. The van der Waals surface area contributed by atoms with Crippen LogP contribution in [0.2, 0.25) is 0 Å². The molecule has 2 aromatic heterocycles. The van der Waals surface area contributed by atoms with Gasteiger partial charge in [-0.15, -0.1) is 0 Å². The van der Waals surface area contributed by atoms with E-state index in [0.29, 0.717) is 6.01 Å². The van der Waals surface area contributed by atoms with Gasteiger partial charge in [0.1, 0.15) is 11.0 Å². The van der Waals surface area contributed by atoms with E-state index in [1.54, 1.807) is 11.8 Å². The Balaban J connectivity index is 2.86. The van der Waals surface area contributed by atoms with Crippen molar-refractivity contribution in [3.8, 4) is 6.01 Å². The van der Waals surface area contributed by atoms with Crippen molar-refractivity contribution < 1.29 is 4.74 Å². The van der Waals surface area contributed by atoms with Crippen LogP contribution in [0, 0.1) is 13.8 Å². The van der Waals surface area contributed by atoms with E-state index in [-0.39, 0.29) is 0 Å². The van der Waals surface area contributed by atoms with Crippen molar-refractivity contribution in [2.75, 3.05) is 7.11 Å². The second-order valence-corrected chi connectivity index (χ2v) is 3.20. The molecule has 74 valence electrons. The number of fused-ring (bicyclic) bond motifs is 1. The largest absolute Gasteiger partial charge is 0.467 e. The fraction of sp³-hybridized carbons (Fsp3) is 0.444. The highest BCUT2D eigenvalue weighted by Gasteiger charge is 2.11. The molecule has 0 saturated heterocycles. The standard InChI is InChI=1S/C9H12N4O/c1-5-7-8(13(3)12-5)6(2)10-9(11-7)14-4/h1-4H3. The van der Waals surface area contributed by atoms with Gasteiger partial charge in [0.05, 0.1) is 18.5 Å². The number of ether oxygens (including phenoxy) is 1. The van der Waals surface area contributed by atoms with Crippen LogP contribution in [0.25, 0.3) is 11.0 Å². The summed E-state index contributed by atoms with van der Waals surface area (Å²) in [6.45, 7) is 3.85. The third-order valence-electron chi connectivity index (χ3n) is 2.19. The van der Waals surface area contributed by atoms with Crippen molar-refractivity contribution >= 4 is 11.0 Å². The Morgan fingerprint density at radius 3 is 2.50 bits per heavy atom. The van der Waals surface area contributed by atoms with Crippen LogP contribution in [0.4, 0.5) is 0 Å². The van der Waals surface area contributed by atoms with Gasteiger partial charge < -0.3 is 4.74 Å². The van der Waals surface area contributed by atoms with E-state index < -0.39 is 0 Å². The lowest BCUT2D eigenvalue weighted by Crippen LogP contribution is -1.97. The van der Waals surface area contributed by atoms with Crippen molar-refractivity contribution in [2.24, 2.45) is 7.05 Å². The first-order valence-electron chi connectivity index (χ1n) is 4.35. The molecule has 5 heteroatoms. The summed E-state index contributed by atoms with van der Waals surface area (Å²) in [7, 11) is 3.45. The maximum Gasteiger partial charge on any atom is 0.317 e. The zero-order valence-electron chi connectivity index (χ0n) is 8.70. The third kappa shape index (κ3) is 1.13. The fourth-order valence-corrected chi connectivity index (χ4v) is 1.59. The Morgan fingerprint density at radius 1 is 1.14 bits per heavy atom. The number of methoxy groups -OCH3 is 1. The molecule has 14 heavy (non-hydrogen) atoms. The molecule has 0 aliphatic heterocycles. The minimum atomic E-state index is 0.395. The Kier molecular flexibility index (Phi) is 1.87. The van der Waals surface area contributed by atoms with E-state index in [4.69, 9.17) is 4.74 Å². The molecule has 0 aliphatic rings. The molecule has 0 unspecified atom stereocenters. The summed E-state index contributed by atoms with van der Waals surface area (Å²) < 4.78 is 6.80. The van der Waals surface area contributed by atoms with Crippen LogP contribution in [-0.4, -0.2) is 26.9 Å². The van der Waals surface area contributed by atoms with Crippen LogP contribution in [0.15, 0.2) is 0 Å². The molecule has 0 aliphatic carbocycles. The van der Waals surface area contributed by atoms with Crippen LogP contribution >= 0.6 is 0 Å². The smallest absolute Gasteiger partial charge is 0.317 e. The van der Waals surface area contributed by atoms with Crippen molar-refractivity contribution in [1.29, 1.82) is 0 Å². The Bertz CT molecular complexity index is 489. The topological polar surface area (TPSA) is 52.8 Å². The molecule has 0 radical (unpaired) electrons. The van der Waals surface area contributed by atoms with Crippen LogP contribution < -0.4 is 4.74 Å². The highest BCUT2D eigenvalue weighted by Crippen LogP contribution is 2.19. The third-order valence-corrected chi connectivity index (χ3v) is 2.19. The van der Waals surface area contributed by atoms with E-state index in [9.17, 15) is 0 Å². The maximum atomic E-state index is 5.01. The molecule has 0 fully saturated rings. The molecule has 0 aromatic carbocycles. The Hall–Kier alpha value is -1.65. The van der Waals surface area contributed by atoms with Crippen molar-refractivity contribution in [3.63, 3.8) is 0 Å². The van der Waals surface area contributed by atoms with Gasteiger partial charge in [0, 0.05) is 7.05 Å². The van der Waals surface area contributed by atoms with E-state index in [0.717, 1.165) is 22.4 Å². The number of hydrogen-bond donors (Lipinski definition) is 0. The lowest BCUT2D eigenvalue weighted by molar-refractivity contribution is 0.380. The number of rotatable bonds is 1. The van der Waals surface area contributed by atoms with Gasteiger partial charge in [0.25, 0.3) is 0 Å². The second kappa shape index (κ2) is 2.94. The predicted octanol–water partition coefficient (Wildman–Crippen LogP) is 0.989. The van der Waals surface area contributed by atoms with Gasteiger partial charge in [-0.3, -0.25) is 4.68 Å². The van der Waals surface area contributed by atoms with Crippen LogP contribution in [0.3, 0.4) is 0 Å². The van der Waals surface area contributed by atoms with Gasteiger partial charge in [0.2, 0.25) is 0 Å². The van der Waals surface area contributed by atoms with Gasteiger partial charge in [-0.25, -0.2) is 0 Å². The molecular weight excluding hydrogens is 180 g/mol. The molecule has 2 rings (SSSR count). The average Bonchev–Trinajstić information content (AvgIpc) is 2.42. The summed E-state index contributed by atoms with van der Waals surface area (Å²) in [4.78, 5) is 8.46. The van der Waals surface area contributed by atoms with E-state index >= 15 is 0 Å². The first-order chi connectivity index (χ1) is 6.63. The molecule has 0 atom stereocenters. The average molecular weight is 192 g/mol. The summed E-state index contributed by atoms with van der Waals surface area (Å²) in [5, 5.41) is 4.29. The number of aromatic nitrogens is 4. The monoisotopic (exact) mass is 192 g/mol. The predicted molar refractivity (Wildman–Crippen MR) is 52.3 cm³/mol. The van der Waals surface area contributed by atoms with E-state index in [2.05, 4.69) is 15.1 Å². The Labute approximate surface area is 81.7 Å². The zero-order chi connectivity index (χ0) is 10.3. The minimum Gasteiger partial charge on any atom is -0.467 e. The minimum absolute atomic E-state index is 0.395. The number of hydrogen-bond acceptors (Lipinski definition) is 4. The number of aryl methyl sites for hydroxylation is 3. The van der Waals surface area contributed by atoms with E-state index in [1.165, 1.54) is 0 Å². The second-order valence-electron chi connectivity index (χ2n) is 3.20. The molecule has 2 aromatic rings. The summed E-state index contributed by atoms with van der Waals surface area (Å²) in [6.07, 6.45) is 0. The molecule has 0 saturated carbocycles. The highest BCUT2D eigenvalue weighted by atomic mass is 16.5. The molecule has 0 spiro atoms. The zero-order valence-corrected chi connectivity index (χ0v) is 8.70. The summed E-state index contributed by atoms with van der Waals surface area (Å²) in [5.74, 6) is 0. The summed E-state index contributed by atoms with van der Waals surface area (Å²) >= 11 is 0. The molecule has 0 bridgehead atoms. The van der Waals surface area contributed by atoms with Gasteiger partial charge in [-0.1, -0.05) is 0 Å². The highest BCUT2D eigenvalue weighted by molar-refractivity contribution is 5.79. The lowest BCUT2D eigenvalue weighted by atomic mass is 10.3. The van der Waals surface area contributed by atoms with Crippen LogP contribution in [0.1, 0.15) is 11.4 Å². The lowest BCUT2D eigenvalue weighted by Gasteiger charge is -2.01. The first kappa shape index (κ1) is 8.93. The molecular formula is C9H12N4O. The molecule has 0 N–H and O–H groups in total. The molecule has 0 amide bonds. The van der Waals surface area contributed by atoms with Gasteiger partial charge in [-0.05, 0) is 13.8 Å². The summed E-state index contributed by atoms with van der Waals surface area (Å²) in [5.41, 5.74) is 3.60. The Morgan fingerprint density at radius 2 is 1.86 bits per heavy atom. The van der Waals surface area contributed by atoms with Gasteiger partial charge >= 0.3 is 6.01 Å². The first-order valence-corrected chi connectivity index (χ1v) is 4.35. The van der Waals surface area contributed by atoms with E-state index in [1.807, 2.05) is 20.9 Å². The van der Waals surface area contributed by atoms with Crippen LogP contribution in [0.5, 0.6) is 6.01 Å². The normalized spacial score (nSPS) is 10.9. The molecule has 2 heterocycles.